The summed E-state index contributed by atoms with van der Waals surface area (Å²) in [5, 5.41) is 0.924. The lowest BCUT2D eigenvalue weighted by Crippen LogP contribution is -2.04. The van der Waals surface area contributed by atoms with Gasteiger partial charge in [-0.15, -0.1) is 0 Å². The highest BCUT2D eigenvalue weighted by molar-refractivity contribution is 5.94. The fourth-order valence-electron chi connectivity index (χ4n) is 1.35. The zero-order valence-corrected chi connectivity index (χ0v) is 8.09. The van der Waals surface area contributed by atoms with Gasteiger partial charge < -0.3 is 14.1 Å². The Kier molecular flexibility index (Phi) is 2.04. The van der Waals surface area contributed by atoms with Gasteiger partial charge in [-0.2, -0.15) is 0 Å². The molecule has 2 aromatic heterocycles. The van der Waals surface area contributed by atoms with Gasteiger partial charge in [-0.05, 0) is 25.5 Å². The van der Waals surface area contributed by atoms with Crippen LogP contribution in [0.4, 0.5) is 0 Å². The molecule has 74 valence electrons. The molecule has 0 radical (unpaired) electrons. The normalized spacial score (nSPS) is 10.7. The molecule has 0 bridgehead atoms. The molecule has 0 atom stereocenters. The van der Waals surface area contributed by atoms with E-state index in [1.165, 1.54) is 0 Å². The molecule has 1 N–H and O–H groups in total. The van der Waals surface area contributed by atoms with Crippen molar-refractivity contribution in [3.63, 3.8) is 0 Å². The third kappa shape index (κ3) is 1.28. The summed E-state index contributed by atoms with van der Waals surface area (Å²) in [6.07, 6.45) is 1.65. The highest BCUT2D eigenvalue weighted by atomic mass is 16.5. The molecule has 0 aromatic carbocycles. The molecule has 0 unspecified atom stereocenters. The van der Waals surface area contributed by atoms with E-state index in [2.05, 4.69) is 4.98 Å². The maximum atomic E-state index is 11.3. The summed E-state index contributed by atoms with van der Waals surface area (Å²) in [4.78, 5) is 14.2. The van der Waals surface area contributed by atoms with Crippen LogP contribution < -0.4 is 0 Å². The number of esters is 1. The minimum atomic E-state index is -0.349. The van der Waals surface area contributed by atoms with E-state index in [1.54, 1.807) is 19.3 Å². The van der Waals surface area contributed by atoms with Crippen molar-refractivity contribution in [2.75, 3.05) is 6.61 Å². The number of rotatable bonds is 2. The Hall–Kier alpha value is -1.71. The lowest BCUT2D eigenvalue weighted by atomic mass is 10.2. The fraction of sp³-hybridized carbons (Fsp3) is 0.300. The molecule has 0 amide bonds. The van der Waals surface area contributed by atoms with Crippen LogP contribution in [-0.4, -0.2) is 17.6 Å². The Morgan fingerprint density at radius 1 is 1.64 bits per heavy atom. The number of H-pyrrole nitrogens is 1. The minimum absolute atomic E-state index is 0.349. The number of carbonyl (C=O) groups excluding carboxylic acids is 1. The smallest absolute Gasteiger partial charge is 0.354 e. The molecule has 0 saturated heterocycles. The minimum Gasteiger partial charge on any atom is -0.461 e. The molecule has 14 heavy (non-hydrogen) atoms. The van der Waals surface area contributed by atoms with Crippen molar-refractivity contribution in [2.45, 2.75) is 13.8 Å². The first-order chi connectivity index (χ1) is 6.72. The number of ether oxygens (including phenoxy) is 1. The number of hydrogen-bond donors (Lipinski definition) is 1. The van der Waals surface area contributed by atoms with Gasteiger partial charge in [0.1, 0.15) is 5.69 Å². The number of nitrogens with one attached hydrogen (secondary N) is 1. The first kappa shape index (κ1) is 8.87. The van der Waals surface area contributed by atoms with Gasteiger partial charge in [0.2, 0.25) is 5.71 Å². The van der Waals surface area contributed by atoms with Crippen LogP contribution in [0.3, 0.4) is 0 Å². The number of hydrogen-bond acceptors (Lipinski definition) is 3. The van der Waals surface area contributed by atoms with Crippen molar-refractivity contribution in [1.29, 1.82) is 0 Å². The van der Waals surface area contributed by atoms with Gasteiger partial charge in [-0.3, -0.25) is 0 Å². The van der Waals surface area contributed by atoms with E-state index < -0.39 is 0 Å². The Bertz CT molecular complexity index is 467. The highest BCUT2D eigenvalue weighted by Gasteiger charge is 2.13. The van der Waals surface area contributed by atoms with Crippen molar-refractivity contribution in [2.24, 2.45) is 0 Å². The van der Waals surface area contributed by atoms with Gasteiger partial charge in [0, 0.05) is 5.39 Å². The molecule has 0 aliphatic carbocycles. The van der Waals surface area contributed by atoms with Crippen LogP contribution in [0.5, 0.6) is 0 Å². The first-order valence-electron chi connectivity index (χ1n) is 4.46. The lowest BCUT2D eigenvalue weighted by Gasteiger charge is -1.96. The number of carbonyl (C=O) groups is 1. The number of aromatic nitrogens is 1. The van der Waals surface area contributed by atoms with Crippen LogP contribution in [0.2, 0.25) is 0 Å². The average Bonchev–Trinajstić information content (AvgIpc) is 2.69. The second-order valence-corrected chi connectivity index (χ2v) is 3.06. The summed E-state index contributed by atoms with van der Waals surface area (Å²) in [5.41, 5.74) is 2.06. The summed E-state index contributed by atoms with van der Waals surface area (Å²) in [6, 6.07) is 1.74. The maximum absolute atomic E-state index is 11.3. The molecule has 4 nitrogen and oxygen atoms in total. The number of fused-ring (bicyclic) bond motifs is 1. The van der Waals surface area contributed by atoms with E-state index in [1.807, 2.05) is 6.92 Å². The van der Waals surface area contributed by atoms with Gasteiger partial charge in [0.15, 0.2) is 0 Å². The Morgan fingerprint density at radius 3 is 3.07 bits per heavy atom. The van der Waals surface area contributed by atoms with E-state index in [-0.39, 0.29) is 5.97 Å². The summed E-state index contributed by atoms with van der Waals surface area (Å²) in [7, 11) is 0. The summed E-state index contributed by atoms with van der Waals surface area (Å²) < 4.78 is 10.0. The molecule has 0 saturated carbocycles. The predicted octanol–water partition coefficient (Wildman–Crippen LogP) is 2.25. The topological polar surface area (TPSA) is 55.2 Å². The van der Waals surface area contributed by atoms with Gasteiger partial charge in [0.05, 0.1) is 12.9 Å². The number of furan rings is 1. The standard InChI is InChI=1S/C10H11NO3/c1-3-13-10(12)8-4-7-6(2)5-14-9(7)11-8/h4-5,11H,3H2,1-2H3. The van der Waals surface area contributed by atoms with Crippen molar-refractivity contribution in [3.8, 4) is 0 Å². The molecule has 2 rings (SSSR count). The van der Waals surface area contributed by atoms with E-state index in [0.717, 1.165) is 10.9 Å². The summed E-state index contributed by atoms with van der Waals surface area (Å²) in [5.74, 6) is -0.349. The van der Waals surface area contributed by atoms with E-state index >= 15 is 0 Å². The highest BCUT2D eigenvalue weighted by Crippen LogP contribution is 2.21. The van der Waals surface area contributed by atoms with Crippen LogP contribution in [0.1, 0.15) is 23.0 Å². The summed E-state index contributed by atoms with van der Waals surface area (Å²) >= 11 is 0. The van der Waals surface area contributed by atoms with Crippen LogP contribution in [0.15, 0.2) is 16.7 Å². The molecule has 0 spiro atoms. The van der Waals surface area contributed by atoms with Crippen LogP contribution in [0.25, 0.3) is 11.1 Å². The Morgan fingerprint density at radius 2 is 2.43 bits per heavy atom. The maximum Gasteiger partial charge on any atom is 0.354 e. The quantitative estimate of drug-likeness (QED) is 0.744. The monoisotopic (exact) mass is 193 g/mol. The van der Waals surface area contributed by atoms with E-state index in [4.69, 9.17) is 9.15 Å². The van der Waals surface area contributed by atoms with Crippen molar-refractivity contribution in [3.05, 3.63) is 23.6 Å². The first-order valence-corrected chi connectivity index (χ1v) is 4.46. The van der Waals surface area contributed by atoms with E-state index in [0.29, 0.717) is 18.0 Å². The SMILES string of the molecule is CCOC(=O)c1cc2c(C)coc2[nH]1. The molecule has 0 fully saturated rings. The molecule has 2 aromatic rings. The number of aryl methyl sites for hydroxylation is 1. The predicted molar refractivity (Wildman–Crippen MR) is 51.3 cm³/mol. The summed E-state index contributed by atoms with van der Waals surface area (Å²) in [6.45, 7) is 4.07. The third-order valence-corrected chi connectivity index (χ3v) is 2.06. The van der Waals surface area contributed by atoms with Crippen molar-refractivity contribution >= 4 is 17.1 Å². The van der Waals surface area contributed by atoms with Crippen molar-refractivity contribution < 1.29 is 13.9 Å². The largest absolute Gasteiger partial charge is 0.461 e. The number of aromatic amines is 1. The molecule has 4 heteroatoms. The van der Waals surface area contributed by atoms with E-state index in [9.17, 15) is 4.79 Å². The van der Waals surface area contributed by atoms with Crippen LogP contribution in [0, 0.1) is 6.92 Å². The zero-order valence-electron chi connectivity index (χ0n) is 8.09. The van der Waals surface area contributed by atoms with Crippen LogP contribution in [-0.2, 0) is 4.74 Å². The van der Waals surface area contributed by atoms with Crippen LogP contribution >= 0.6 is 0 Å². The van der Waals surface area contributed by atoms with Gasteiger partial charge >= 0.3 is 5.97 Å². The molecular formula is C10H11NO3. The van der Waals surface area contributed by atoms with Gasteiger partial charge in [-0.25, -0.2) is 4.79 Å². The molecule has 2 heterocycles. The molecular weight excluding hydrogens is 182 g/mol. The lowest BCUT2D eigenvalue weighted by molar-refractivity contribution is 0.0520. The van der Waals surface area contributed by atoms with Crippen molar-refractivity contribution in [1.82, 2.24) is 4.98 Å². The fourth-order valence-corrected chi connectivity index (χ4v) is 1.35. The second kappa shape index (κ2) is 3.21. The zero-order chi connectivity index (χ0) is 10.1. The molecule has 0 aliphatic rings. The Labute approximate surface area is 80.9 Å². The third-order valence-electron chi connectivity index (χ3n) is 2.06. The second-order valence-electron chi connectivity index (χ2n) is 3.06. The van der Waals surface area contributed by atoms with Gasteiger partial charge in [0.25, 0.3) is 0 Å². The average molecular weight is 193 g/mol. The molecule has 0 aliphatic heterocycles. The Balaban J connectivity index is 2.40. The van der Waals surface area contributed by atoms with Gasteiger partial charge in [-0.1, -0.05) is 0 Å².